The number of nitrogens with zero attached hydrogens (tertiary/aromatic N) is 2. The Hall–Kier alpha value is -3.66. The maximum atomic E-state index is 12.3. The number of nitro groups is 1. The number of carbonyl (C=O) groups is 1. The fraction of sp³-hybridized carbons (Fsp3) is 0.111. The number of amides is 1. The normalized spacial score (nSPS) is 10.6. The summed E-state index contributed by atoms with van der Waals surface area (Å²) in [6, 6.07) is 14.3. The van der Waals surface area contributed by atoms with Crippen LogP contribution in [-0.4, -0.2) is 17.4 Å². The number of non-ortho nitro benzene ring substituents is 1. The van der Waals surface area contributed by atoms with Crippen molar-refractivity contribution in [3.63, 3.8) is 0 Å². The molecule has 2 aromatic rings. The van der Waals surface area contributed by atoms with Crippen molar-refractivity contribution in [1.82, 2.24) is 0 Å². The minimum atomic E-state index is -0.590. The van der Waals surface area contributed by atoms with Gasteiger partial charge in [-0.25, -0.2) is 0 Å². The lowest BCUT2D eigenvalue weighted by atomic mass is 10.1. The number of hydrogen-bond acceptors (Lipinski definition) is 5. The first-order valence-corrected chi connectivity index (χ1v) is 7.44. The number of ether oxygens (including phenoxy) is 1. The minimum absolute atomic E-state index is 0.0641. The lowest BCUT2D eigenvalue weighted by Gasteiger charge is -2.10. The smallest absolute Gasteiger partial charge is 0.269 e. The van der Waals surface area contributed by atoms with Crippen LogP contribution < -0.4 is 10.1 Å². The van der Waals surface area contributed by atoms with E-state index in [9.17, 15) is 20.2 Å². The highest BCUT2D eigenvalue weighted by Gasteiger charge is 2.12. The number of para-hydroxylation sites is 2. The van der Waals surface area contributed by atoms with Crippen LogP contribution in [0, 0.1) is 21.4 Å². The van der Waals surface area contributed by atoms with Gasteiger partial charge < -0.3 is 10.1 Å². The van der Waals surface area contributed by atoms with Crippen LogP contribution in [0.1, 0.15) is 12.5 Å². The van der Waals surface area contributed by atoms with Gasteiger partial charge >= 0.3 is 0 Å². The molecule has 7 nitrogen and oxygen atoms in total. The first-order chi connectivity index (χ1) is 12.0. The second kappa shape index (κ2) is 8.26. The number of benzene rings is 2. The number of rotatable bonds is 6. The maximum absolute atomic E-state index is 12.3. The van der Waals surface area contributed by atoms with Gasteiger partial charge in [-0.1, -0.05) is 12.1 Å². The Labute approximate surface area is 144 Å². The van der Waals surface area contributed by atoms with E-state index in [0.717, 1.165) is 0 Å². The summed E-state index contributed by atoms with van der Waals surface area (Å²) in [6.07, 6.45) is 1.36. The first kappa shape index (κ1) is 17.7. The number of nitro benzene ring substituents is 1. The number of hydrogen-bond donors (Lipinski definition) is 1. The third-order valence-corrected chi connectivity index (χ3v) is 3.22. The highest BCUT2D eigenvalue weighted by atomic mass is 16.6. The van der Waals surface area contributed by atoms with Crippen LogP contribution in [0.5, 0.6) is 5.75 Å². The average molecular weight is 337 g/mol. The zero-order chi connectivity index (χ0) is 18.2. The third kappa shape index (κ3) is 4.65. The molecule has 0 saturated carbocycles. The number of carbonyl (C=O) groups excluding carboxylic acids is 1. The molecule has 0 saturated heterocycles. The van der Waals surface area contributed by atoms with Crippen LogP contribution in [-0.2, 0) is 4.79 Å². The molecule has 0 fully saturated rings. The van der Waals surface area contributed by atoms with Crippen molar-refractivity contribution in [3.8, 4) is 11.8 Å². The summed E-state index contributed by atoms with van der Waals surface area (Å²) in [7, 11) is 0. The highest BCUT2D eigenvalue weighted by Crippen LogP contribution is 2.24. The largest absolute Gasteiger partial charge is 0.492 e. The maximum Gasteiger partial charge on any atom is 0.269 e. The second-order valence-electron chi connectivity index (χ2n) is 4.90. The van der Waals surface area contributed by atoms with E-state index >= 15 is 0 Å². The number of nitriles is 1. The fourth-order valence-electron chi connectivity index (χ4n) is 2.05. The van der Waals surface area contributed by atoms with Crippen LogP contribution in [0.3, 0.4) is 0 Å². The van der Waals surface area contributed by atoms with E-state index in [1.54, 1.807) is 24.3 Å². The van der Waals surface area contributed by atoms with E-state index < -0.39 is 10.8 Å². The fourth-order valence-corrected chi connectivity index (χ4v) is 2.05. The third-order valence-electron chi connectivity index (χ3n) is 3.22. The molecule has 0 aliphatic carbocycles. The Kier molecular flexibility index (Phi) is 5.85. The van der Waals surface area contributed by atoms with Crippen molar-refractivity contribution >= 4 is 23.4 Å². The van der Waals surface area contributed by atoms with Gasteiger partial charge in [0.1, 0.15) is 17.4 Å². The molecule has 0 aromatic heterocycles. The van der Waals surface area contributed by atoms with Gasteiger partial charge in [0.15, 0.2) is 0 Å². The molecule has 126 valence electrons. The van der Waals surface area contributed by atoms with E-state index in [2.05, 4.69) is 5.32 Å². The molecule has 2 rings (SSSR count). The molecule has 0 spiro atoms. The van der Waals surface area contributed by atoms with Gasteiger partial charge in [0.2, 0.25) is 0 Å². The zero-order valence-electron chi connectivity index (χ0n) is 13.4. The van der Waals surface area contributed by atoms with Gasteiger partial charge in [0, 0.05) is 12.1 Å². The van der Waals surface area contributed by atoms with E-state index in [4.69, 9.17) is 4.74 Å². The number of anilines is 1. The molecule has 7 heteroatoms. The van der Waals surface area contributed by atoms with Crippen molar-refractivity contribution in [1.29, 1.82) is 5.26 Å². The van der Waals surface area contributed by atoms with E-state index in [1.807, 2.05) is 13.0 Å². The average Bonchev–Trinajstić information content (AvgIpc) is 2.61. The van der Waals surface area contributed by atoms with E-state index in [0.29, 0.717) is 23.6 Å². The second-order valence-corrected chi connectivity index (χ2v) is 4.90. The standard InChI is InChI=1S/C18H15N3O4/c1-2-25-17-6-4-3-5-16(17)20-18(22)14(12-19)11-13-7-9-15(10-8-13)21(23)24/h3-11H,2H2,1H3,(H,20,22)/b14-11+. The summed E-state index contributed by atoms with van der Waals surface area (Å²) >= 11 is 0. The van der Waals surface area contributed by atoms with Crippen LogP contribution in [0.25, 0.3) is 6.08 Å². The molecule has 0 aliphatic rings. The summed E-state index contributed by atoms with van der Waals surface area (Å²) in [4.78, 5) is 22.4. The molecule has 25 heavy (non-hydrogen) atoms. The molecule has 0 bridgehead atoms. The van der Waals surface area contributed by atoms with Crippen molar-refractivity contribution in [2.24, 2.45) is 0 Å². The van der Waals surface area contributed by atoms with Gasteiger partial charge in [0.05, 0.1) is 17.2 Å². The Morgan fingerprint density at radius 1 is 1.28 bits per heavy atom. The zero-order valence-corrected chi connectivity index (χ0v) is 13.4. The summed E-state index contributed by atoms with van der Waals surface area (Å²) < 4.78 is 5.42. The van der Waals surface area contributed by atoms with Crippen LogP contribution in [0.2, 0.25) is 0 Å². The topological polar surface area (TPSA) is 105 Å². The van der Waals surface area contributed by atoms with Gasteiger partial charge in [-0.3, -0.25) is 14.9 Å². The van der Waals surface area contributed by atoms with Crippen molar-refractivity contribution in [3.05, 3.63) is 69.8 Å². The summed E-state index contributed by atoms with van der Waals surface area (Å²) in [5.41, 5.74) is 0.778. The van der Waals surface area contributed by atoms with E-state index in [-0.39, 0.29) is 11.3 Å². The van der Waals surface area contributed by atoms with Gasteiger partial charge in [0.25, 0.3) is 11.6 Å². The monoisotopic (exact) mass is 337 g/mol. The predicted octanol–water partition coefficient (Wildman–Crippen LogP) is 3.54. The SMILES string of the molecule is CCOc1ccccc1NC(=O)/C(C#N)=C/c1ccc([N+](=O)[O-])cc1. The van der Waals surface area contributed by atoms with Crippen LogP contribution >= 0.6 is 0 Å². The Morgan fingerprint density at radius 2 is 1.96 bits per heavy atom. The van der Waals surface area contributed by atoms with E-state index in [1.165, 1.54) is 30.3 Å². The van der Waals surface area contributed by atoms with Gasteiger partial charge in [-0.15, -0.1) is 0 Å². The van der Waals surface area contributed by atoms with Crippen LogP contribution in [0.15, 0.2) is 54.1 Å². The lowest BCUT2D eigenvalue weighted by Crippen LogP contribution is -2.14. The summed E-state index contributed by atoms with van der Waals surface area (Å²) in [5, 5.41) is 22.5. The molecule has 1 amide bonds. The summed E-state index contributed by atoms with van der Waals surface area (Å²) in [5.74, 6) is -0.0843. The molecular formula is C18H15N3O4. The highest BCUT2D eigenvalue weighted by molar-refractivity contribution is 6.10. The Bertz CT molecular complexity index is 851. The molecule has 2 aromatic carbocycles. The molecule has 0 aliphatic heterocycles. The molecule has 0 atom stereocenters. The number of nitrogens with one attached hydrogen (secondary N) is 1. The van der Waals surface area contributed by atoms with Gasteiger partial charge in [-0.2, -0.15) is 5.26 Å². The molecule has 0 unspecified atom stereocenters. The molecule has 0 heterocycles. The van der Waals surface area contributed by atoms with Crippen molar-refractivity contribution in [2.75, 3.05) is 11.9 Å². The van der Waals surface area contributed by atoms with Crippen molar-refractivity contribution in [2.45, 2.75) is 6.92 Å². The predicted molar refractivity (Wildman–Crippen MR) is 92.9 cm³/mol. The van der Waals surface area contributed by atoms with Crippen molar-refractivity contribution < 1.29 is 14.5 Å². The molecule has 1 N–H and O–H groups in total. The first-order valence-electron chi connectivity index (χ1n) is 7.44. The van der Waals surface area contributed by atoms with Gasteiger partial charge in [-0.05, 0) is 42.8 Å². The molecule has 0 radical (unpaired) electrons. The minimum Gasteiger partial charge on any atom is -0.492 e. The molecular weight excluding hydrogens is 322 g/mol. The quantitative estimate of drug-likeness (QED) is 0.375. The lowest BCUT2D eigenvalue weighted by molar-refractivity contribution is -0.384. The van der Waals surface area contributed by atoms with Crippen LogP contribution in [0.4, 0.5) is 11.4 Å². The summed E-state index contributed by atoms with van der Waals surface area (Å²) in [6.45, 7) is 2.27. The Balaban J connectivity index is 2.21. The Morgan fingerprint density at radius 3 is 2.56 bits per heavy atom.